The molecule has 8 nitrogen and oxygen atoms in total. The number of nitrogens with zero attached hydrogens (tertiary/aromatic N) is 5. The number of carboxylic acids is 1. The van der Waals surface area contributed by atoms with Gasteiger partial charge in [-0.2, -0.15) is 0 Å². The number of hydrogen-bond acceptors (Lipinski definition) is 6. The van der Waals surface area contributed by atoms with Crippen molar-refractivity contribution < 1.29 is 14.4 Å². The highest BCUT2D eigenvalue weighted by Crippen LogP contribution is 2.20. The lowest BCUT2D eigenvalue weighted by Gasteiger charge is -2.04. The SMILES string of the molecule is O=C(O)c1nnn(Cc2ccno2)c1-c1ccccn1. The van der Waals surface area contributed by atoms with Gasteiger partial charge < -0.3 is 9.63 Å². The van der Waals surface area contributed by atoms with Gasteiger partial charge in [0.05, 0.1) is 11.9 Å². The molecule has 8 heteroatoms. The normalized spacial score (nSPS) is 10.6. The zero-order valence-electron chi connectivity index (χ0n) is 10.2. The fraction of sp³-hybridized carbons (Fsp3) is 0.0833. The third-order valence-electron chi connectivity index (χ3n) is 2.64. The molecule has 3 aromatic heterocycles. The van der Waals surface area contributed by atoms with Gasteiger partial charge in [0.25, 0.3) is 0 Å². The molecule has 0 spiro atoms. The van der Waals surface area contributed by atoms with Crippen LogP contribution in [0, 0.1) is 0 Å². The van der Waals surface area contributed by atoms with Crippen LogP contribution in [0.15, 0.2) is 41.2 Å². The average Bonchev–Trinajstić information content (AvgIpc) is 3.09. The van der Waals surface area contributed by atoms with Gasteiger partial charge in [0.2, 0.25) is 0 Å². The van der Waals surface area contributed by atoms with Gasteiger partial charge in [0.1, 0.15) is 12.2 Å². The van der Waals surface area contributed by atoms with Crippen LogP contribution in [0.3, 0.4) is 0 Å². The van der Waals surface area contributed by atoms with E-state index in [2.05, 4.69) is 20.5 Å². The Bertz CT molecular complexity index is 721. The van der Waals surface area contributed by atoms with Crippen molar-refractivity contribution in [2.45, 2.75) is 6.54 Å². The monoisotopic (exact) mass is 271 g/mol. The van der Waals surface area contributed by atoms with Gasteiger partial charge in [-0.3, -0.25) is 4.98 Å². The Morgan fingerprint density at radius 1 is 1.30 bits per heavy atom. The lowest BCUT2D eigenvalue weighted by Crippen LogP contribution is -2.06. The summed E-state index contributed by atoms with van der Waals surface area (Å²) in [4.78, 5) is 15.4. The summed E-state index contributed by atoms with van der Waals surface area (Å²) in [5.41, 5.74) is 0.659. The minimum Gasteiger partial charge on any atom is -0.476 e. The molecule has 3 rings (SSSR count). The summed E-state index contributed by atoms with van der Waals surface area (Å²) in [6, 6.07) is 6.88. The second-order valence-electron chi connectivity index (χ2n) is 3.94. The maximum Gasteiger partial charge on any atom is 0.358 e. The molecule has 0 unspecified atom stereocenters. The van der Waals surface area contributed by atoms with Gasteiger partial charge in [-0.25, -0.2) is 9.48 Å². The van der Waals surface area contributed by atoms with Crippen molar-refractivity contribution in [3.05, 3.63) is 48.1 Å². The van der Waals surface area contributed by atoms with Crippen LogP contribution in [-0.4, -0.2) is 36.2 Å². The molecule has 0 bridgehead atoms. The second-order valence-corrected chi connectivity index (χ2v) is 3.94. The summed E-state index contributed by atoms with van der Waals surface area (Å²) >= 11 is 0. The third kappa shape index (κ3) is 2.14. The minimum absolute atomic E-state index is 0.150. The highest BCUT2D eigenvalue weighted by Gasteiger charge is 2.22. The van der Waals surface area contributed by atoms with Crippen LogP contribution in [-0.2, 0) is 6.54 Å². The zero-order chi connectivity index (χ0) is 13.9. The van der Waals surface area contributed by atoms with Crippen molar-refractivity contribution in [2.24, 2.45) is 0 Å². The van der Waals surface area contributed by atoms with E-state index in [9.17, 15) is 9.90 Å². The number of aromatic nitrogens is 5. The number of pyridine rings is 1. The molecule has 0 saturated heterocycles. The van der Waals surface area contributed by atoms with Gasteiger partial charge >= 0.3 is 5.97 Å². The molecular formula is C12H9N5O3. The molecule has 0 atom stereocenters. The van der Waals surface area contributed by atoms with E-state index in [0.29, 0.717) is 17.1 Å². The molecule has 0 radical (unpaired) electrons. The standard InChI is InChI=1S/C12H9N5O3/c18-12(19)10-11(9-3-1-2-5-13-9)17(16-15-10)7-8-4-6-14-20-8/h1-6H,7H2,(H,18,19). The van der Waals surface area contributed by atoms with Crippen molar-refractivity contribution in [2.75, 3.05) is 0 Å². The van der Waals surface area contributed by atoms with Gasteiger partial charge in [-0.15, -0.1) is 5.10 Å². The van der Waals surface area contributed by atoms with E-state index >= 15 is 0 Å². The summed E-state index contributed by atoms with van der Waals surface area (Å²) in [6.07, 6.45) is 3.08. The molecule has 0 aromatic carbocycles. The van der Waals surface area contributed by atoms with Gasteiger partial charge in [0.15, 0.2) is 11.5 Å². The van der Waals surface area contributed by atoms with Crippen LogP contribution in [0.25, 0.3) is 11.4 Å². The number of rotatable bonds is 4. The average molecular weight is 271 g/mol. The topological polar surface area (TPSA) is 107 Å². The Hall–Kier alpha value is -3.03. The molecule has 3 aromatic rings. The number of carbonyl (C=O) groups is 1. The van der Waals surface area contributed by atoms with Crippen LogP contribution in [0.2, 0.25) is 0 Å². The highest BCUT2D eigenvalue weighted by molar-refractivity contribution is 5.92. The number of hydrogen-bond donors (Lipinski definition) is 1. The second kappa shape index (κ2) is 4.92. The van der Waals surface area contributed by atoms with Crippen LogP contribution in [0.1, 0.15) is 16.2 Å². The maximum atomic E-state index is 11.2. The van der Waals surface area contributed by atoms with Crippen LogP contribution in [0.4, 0.5) is 0 Å². The summed E-state index contributed by atoms with van der Waals surface area (Å²) in [5.74, 6) is -0.613. The minimum atomic E-state index is -1.16. The molecule has 0 aliphatic heterocycles. The number of aromatic carboxylic acids is 1. The Morgan fingerprint density at radius 3 is 2.85 bits per heavy atom. The molecule has 0 fully saturated rings. The highest BCUT2D eigenvalue weighted by atomic mass is 16.5. The zero-order valence-corrected chi connectivity index (χ0v) is 10.2. The lowest BCUT2D eigenvalue weighted by atomic mass is 10.2. The summed E-state index contributed by atoms with van der Waals surface area (Å²) < 4.78 is 6.41. The fourth-order valence-electron chi connectivity index (χ4n) is 1.80. The van der Waals surface area contributed by atoms with Crippen LogP contribution >= 0.6 is 0 Å². The molecule has 0 amide bonds. The van der Waals surface area contributed by atoms with E-state index in [1.807, 2.05) is 0 Å². The Morgan fingerprint density at radius 2 is 2.20 bits per heavy atom. The first-order valence-electron chi connectivity index (χ1n) is 5.73. The summed E-state index contributed by atoms with van der Waals surface area (Å²) in [7, 11) is 0. The molecule has 100 valence electrons. The Balaban J connectivity index is 2.09. The van der Waals surface area contributed by atoms with E-state index in [1.54, 1.807) is 30.5 Å². The first-order chi connectivity index (χ1) is 9.75. The largest absolute Gasteiger partial charge is 0.476 e. The van der Waals surface area contributed by atoms with Gasteiger partial charge in [0, 0.05) is 12.3 Å². The van der Waals surface area contributed by atoms with E-state index in [4.69, 9.17) is 4.52 Å². The van der Waals surface area contributed by atoms with Crippen LogP contribution < -0.4 is 0 Å². The first kappa shape index (κ1) is 12.0. The predicted molar refractivity (Wildman–Crippen MR) is 65.8 cm³/mol. The predicted octanol–water partition coefficient (Wildman–Crippen LogP) is 1.07. The molecule has 3 heterocycles. The number of carboxylic acid groups (broad SMARTS) is 1. The summed E-state index contributed by atoms with van der Waals surface area (Å²) in [6.45, 7) is 0.228. The van der Waals surface area contributed by atoms with E-state index in [-0.39, 0.29) is 12.2 Å². The van der Waals surface area contributed by atoms with E-state index in [1.165, 1.54) is 10.9 Å². The Labute approximate surface area is 112 Å². The van der Waals surface area contributed by atoms with Crippen LogP contribution in [0.5, 0.6) is 0 Å². The van der Waals surface area contributed by atoms with Gasteiger partial charge in [-0.1, -0.05) is 16.4 Å². The molecule has 0 saturated carbocycles. The smallest absolute Gasteiger partial charge is 0.358 e. The Kier molecular flexibility index (Phi) is 2.96. The van der Waals surface area contributed by atoms with Crippen molar-refractivity contribution in [1.82, 2.24) is 25.1 Å². The van der Waals surface area contributed by atoms with E-state index < -0.39 is 5.97 Å². The molecule has 1 N–H and O–H groups in total. The molecule has 0 aliphatic rings. The molecule has 0 aliphatic carbocycles. The quantitative estimate of drug-likeness (QED) is 0.756. The van der Waals surface area contributed by atoms with Crippen molar-refractivity contribution in [3.63, 3.8) is 0 Å². The summed E-state index contributed by atoms with van der Waals surface area (Å²) in [5, 5.41) is 20.3. The van der Waals surface area contributed by atoms with E-state index in [0.717, 1.165) is 0 Å². The van der Waals surface area contributed by atoms with Gasteiger partial charge in [-0.05, 0) is 12.1 Å². The maximum absolute atomic E-state index is 11.2. The van der Waals surface area contributed by atoms with Crippen molar-refractivity contribution in [3.8, 4) is 11.4 Å². The lowest BCUT2D eigenvalue weighted by molar-refractivity contribution is 0.0691. The molecule has 20 heavy (non-hydrogen) atoms. The third-order valence-corrected chi connectivity index (χ3v) is 2.64. The first-order valence-corrected chi connectivity index (χ1v) is 5.73. The van der Waals surface area contributed by atoms with Crippen molar-refractivity contribution >= 4 is 5.97 Å². The van der Waals surface area contributed by atoms with Crippen molar-refractivity contribution in [1.29, 1.82) is 0 Å². The molecular weight excluding hydrogens is 262 g/mol. The fourth-order valence-corrected chi connectivity index (χ4v) is 1.80.